The van der Waals surface area contributed by atoms with Gasteiger partial charge in [-0.15, -0.1) is 0 Å². The molecule has 0 aliphatic heterocycles. The number of ether oxygens (including phenoxy) is 1. The fraction of sp³-hybridized carbons (Fsp3) is 0.692. The van der Waals surface area contributed by atoms with Crippen LogP contribution in [0.15, 0.2) is 10.9 Å². The van der Waals surface area contributed by atoms with Gasteiger partial charge in [-0.1, -0.05) is 27.7 Å². The first kappa shape index (κ1) is 13.7. The normalized spacial score (nSPS) is 13.1. The maximum atomic E-state index is 11.4. The summed E-state index contributed by atoms with van der Waals surface area (Å²) in [5.41, 5.74) is -0.157. The smallest absolute Gasteiger partial charge is 0.254 e. The number of aromatic nitrogens is 2. The molecule has 0 saturated heterocycles. The van der Waals surface area contributed by atoms with Crippen molar-refractivity contribution in [2.75, 3.05) is 0 Å². The second-order valence-corrected chi connectivity index (χ2v) is 5.18. The second kappa shape index (κ2) is 5.84. The van der Waals surface area contributed by atoms with Gasteiger partial charge in [-0.25, -0.2) is 0 Å². The van der Waals surface area contributed by atoms with Gasteiger partial charge in [0.25, 0.3) is 5.56 Å². The van der Waals surface area contributed by atoms with Crippen molar-refractivity contribution in [2.24, 2.45) is 5.92 Å². The molecule has 17 heavy (non-hydrogen) atoms. The molecule has 0 amide bonds. The number of hydrogen-bond acceptors (Lipinski definition) is 3. The van der Waals surface area contributed by atoms with Gasteiger partial charge in [-0.2, -0.15) is 4.98 Å². The van der Waals surface area contributed by atoms with E-state index in [0.29, 0.717) is 17.6 Å². The molecule has 1 N–H and O–H groups in total. The van der Waals surface area contributed by atoms with E-state index >= 15 is 0 Å². The van der Waals surface area contributed by atoms with E-state index in [1.165, 1.54) is 6.07 Å². The molecule has 0 aliphatic carbocycles. The third-order valence-electron chi connectivity index (χ3n) is 2.41. The SMILES string of the molecule is CC(C)CC(C)Oc1cc(=O)[nH]c(C(C)C)n1. The number of nitrogens with zero attached hydrogens (tertiary/aromatic N) is 1. The van der Waals surface area contributed by atoms with Crippen LogP contribution in [0.5, 0.6) is 5.88 Å². The van der Waals surface area contributed by atoms with Gasteiger partial charge in [0.05, 0.1) is 12.2 Å². The Balaban J connectivity index is 2.80. The van der Waals surface area contributed by atoms with Crippen LogP contribution in [0.4, 0.5) is 0 Å². The summed E-state index contributed by atoms with van der Waals surface area (Å²) in [5, 5.41) is 0. The summed E-state index contributed by atoms with van der Waals surface area (Å²) in [6, 6.07) is 1.41. The average molecular weight is 238 g/mol. The van der Waals surface area contributed by atoms with Gasteiger partial charge >= 0.3 is 0 Å². The van der Waals surface area contributed by atoms with Crippen LogP contribution in [-0.2, 0) is 0 Å². The highest BCUT2D eigenvalue weighted by Crippen LogP contribution is 2.14. The minimum Gasteiger partial charge on any atom is -0.474 e. The van der Waals surface area contributed by atoms with E-state index < -0.39 is 0 Å². The lowest BCUT2D eigenvalue weighted by Gasteiger charge is -2.16. The highest BCUT2D eigenvalue weighted by Gasteiger charge is 2.10. The monoisotopic (exact) mass is 238 g/mol. The molecule has 1 unspecified atom stereocenters. The standard InChI is InChI=1S/C13H22N2O2/c1-8(2)6-10(5)17-12-7-11(16)14-13(15-12)9(3)4/h7-10H,6H2,1-5H3,(H,14,15,16). The Bertz CT molecular complexity index is 410. The summed E-state index contributed by atoms with van der Waals surface area (Å²) in [7, 11) is 0. The van der Waals surface area contributed by atoms with Gasteiger partial charge in [0.15, 0.2) is 0 Å². The number of H-pyrrole nitrogens is 1. The van der Waals surface area contributed by atoms with Gasteiger partial charge in [0, 0.05) is 5.92 Å². The van der Waals surface area contributed by atoms with E-state index in [-0.39, 0.29) is 17.6 Å². The van der Waals surface area contributed by atoms with Crippen LogP contribution < -0.4 is 10.3 Å². The Morgan fingerprint density at radius 1 is 1.29 bits per heavy atom. The molecule has 1 aromatic heterocycles. The maximum absolute atomic E-state index is 11.4. The maximum Gasteiger partial charge on any atom is 0.254 e. The predicted molar refractivity (Wildman–Crippen MR) is 68.5 cm³/mol. The molecule has 1 rings (SSSR count). The van der Waals surface area contributed by atoms with Crippen LogP contribution in [0.25, 0.3) is 0 Å². The average Bonchev–Trinajstić information content (AvgIpc) is 2.14. The highest BCUT2D eigenvalue weighted by atomic mass is 16.5. The molecule has 1 atom stereocenters. The molecule has 96 valence electrons. The van der Waals surface area contributed by atoms with Gasteiger partial charge in [0.1, 0.15) is 5.82 Å². The molecule has 1 heterocycles. The predicted octanol–water partition coefficient (Wildman–Crippen LogP) is 2.71. The number of nitrogens with one attached hydrogen (secondary N) is 1. The molecule has 4 nitrogen and oxygen atoms in total. The summed E-state index contributed by atoms with van der Waals surface area (Å²) in [6.07, 6.45) is 1.02. The quantitative estimate of drug-likeness (QED) is 0.858. The molecule has 0 fully saturated rings. The third-order valence-corrected chi connectivity index (χ3v) is 2.41. The molecule has 0 spiro atoms. The van der Waals surface area contributed by atoms with E-state index in [9.17, 15) is 4.79 Å². The minimum atomic E-state index is -0.157. The molecule has 0 radical (unpaired) electrons. The van der Waals surface area contributed by atoms with Crippen LogP contribution >= 0.6 is 0 Å². The molecule has 4 heteroatoms. The molecular weight excluding hydrogens is 216 g/mol. The van der Waals surface area contributed by atoms with E-state index in [1.807, 2.05) is 20.8 Å². The lowest BCUT2D eigenvalue weighted by Crippen LogP contribution is -2.19. The van der Waals surface area contributed by atoms with Crippen LogP contribution in [0, 0.1) is 5.92 Å². The zero-order valence-corrected chi connectivity index (χ0v) is 11.3. The third kappa shape index (κ3) is 4.59. The first-order chi connectivity index (χ1) is 7.88. The first-order valence-corrected chi connectivity index (χ1v) is 6.16. The van der Waals surface area contributed by atoms with Gasteiger partial charge in [0.2, 0.25) is 5.88 Å². The van der Waals surface area contributed by atoms with Gasteiger partial charge in [-0.05, 0) is 19.3 Å². The van der Waals surface area contributed by atoms with E-state index in [4.69, 9.17) is 4.74 Å². The first-order valence-electron chi connectivity index (χ1n) is 6.16. The van der Waals surface area contributed by atoms with E-state index in [2.05, 4.69) is 23.8 Å². The highest BCUT2D eigenvalue weighted by molar-refractivity contribution is 5.10. The van der Waals surface area contributed by atoms with Crippen molar-refractivity contribution in [3.05, 3.63) is 22.2 Å². The van der Waals surface area contributed by atoms with Gasteiger partial charge < -0.3 is 9.72 Å². The van der Waals surface area contributed by atoms with Crippen molar-refractivity contribution in [1.82, 2.24) is 9.97 Å². The van der Waals surface area contributed by atoms with Crippen molar-refractivity contribution in [3.63, 3.8) is 0 Å². The molecular formula is C13H22N2O2. The molecule has 0 bridgehead atoms. The van der Waals surface area contributed by atoms with Crippen molar-refractivity contribution < 1.29 is 4.74 Å². The molecule has 0 aliphatic rings. The largest absolute Gasteiger partial charge is 0.474 e. The summed E-state index contributed by atoms with van der Waals surface area (Å²) in [5.74, 6) is 1.85. The summed E-state index contributed by atoms with van der Waals surface area (Å²) < 4.78 is 5.67. The number of aromatic amines is 1. The summed E-state index contributed by atoms with van der Waals surface area (Å²) in [4.78, 5) is 18.5. The fourth-order valence-corrected chi connectivity index (χ4v) is 1.71. The van der Waals surface area contributed by atoms with E-state index in [1.54, 1.807) is 0 Å². The Kier molecular flexibility index (Phi) is 4.73. The lowest BCUT2D eigenvalue weighted by molar-refractivity contribution is 0.184. The van der Waals surface area contributed by atoms with Crippen LogP contribution in [0.2, 0.25) is 0 Å². The number of hydrogen-bond donors (Lipinski definition) is 1. The fourth-order valence-electron chi connectivity index (χ4n) is 1.71. The van der Waals surface area contributed by atoms with Gasteiger partial charge in [-0.3, -0.25) is 4.79 Å². The zero-order valence-electron chi connectivity index (χ0n) is 11.3. The summed E-state index contributed by atoms with van der Waals surface area (Å²) >= 11 is 0. The molecule has 0 aromatic carbocycles. The Morgan fingerprint density at radius 3 is 2.47 bits per heavy atom. The molecule has 0 saturated carbocycles. The van der Waals surface area contributed by atoms with Crippen molar-refractivity contribution >= 4 is 0 Å². The second-order valence-electron chi connectivity index (χ2n) is 5.18. The van der Waals surface area contributed by atoms with Crippen molar-refractivity contribution in [2.45, 2.75) is 53.1 Å². The van der Waals surface area contributed by atoms with Crippen LogP contribution in [0.3, 0.4) is 0 Å². The van der Waals surface area contributed by atoms with Crippen LogP contribution in [0.1, 0.15) is 52.8 Å². The van der Waals surface area contributed by atoms with Crippen molar-refractivity contribution in [3.8, 4) is 5.88 Å². The summed E-state index contributed by atoms with van der Waals surface area (Å²) in [6.45, 7) is 10.3. The van der Waals surface area contributed by atoms with E-state index in [0.717, 1.165) is 6.42 Å². The minimum absolute atomic E-state index is 0.0734. The van der Waals surface area contributed by atoms with Crippen LogP contribution in [-0.4, -0.2) is 16.1 Å². The molecule has 1 aromatic rings. The Hall–Kier alpha value is -1.32. The Labute approximate surface area is 102 Å². The number of rotatable bonds is 5. The zero-order chi connectivity index (χ0) is 13.0. The Morgan fingerprint density at radius 2 is 1.94 bits per heavy atom. The van der Waals surface area contributed by atoms with Crippen molar-refractivity contribution in [1.29, 1.82) is 0 Å². The lowest BCUT2D eigenvalue weighted by atomic mass is 10.1. The topological polar surface area (TPSA) is 55.0 Å².